The number of carbonyl (C=O) groups is 4. The fraction of sp³-hybridized carbons (Fsp3) is 0.200. The van der Waals surface area contributed by atoms with Crippen LogP contribution in [0.3, 0.4) is 0 Å². The molecule has 0 radical (unpaired) electrons. The number of benzene rings is 5. The molecule has 2 aliphatic rings. The maximum Gasteiger partial charge on any atom is 0.407 e. The van der Waals surface area contributed by atoms with Crippen molar-refractivity contribution < 1.29 is 23.9 Å². The van der Waals surface area contributed by atoms with E-state index in [1.54, 1.807) is 47.5 Å². The number of amides is 3. The first-order chi connectivity index (χ1) is 30.3. The van der Waals surface area contributed by atoms with Crippen LogP contribution in [-0.2, 0) is 9.53 Å². The summed E-state index contributed by atoms with van der Waals surface area (Å²) in [7, 11) is 1.28. The van der Waals surface area contributed by atoms with E-state index in [-0.39, 0.29) is 29.7 Å². The lowest BCUT2D eigenvalue weighted by Crippen LogP contribution is -2.42. The van der Waals surface area contributed by atoms with Crippen molar-refractivity contribution in [1.29, 1.82) is 0 Å². The van der Waals surface area contributed by atoms with Crippen molar-refractivity contribution in [3.63, 3.8) is 0 Å². The number of H-pyrrole nitrogens is 2. The van der Waals surface area contributed by atoms with Gasteiger partial charge in [0.15, 0.2) is 5.78 Å². The molecule has 7 aromatic rings. The van der Waals surface area contributed by atoms with E-state index in [2.05, 4.69) is 63.8 Å². The second-order valence-corrected chi connectivity index (χ2v) is 15.6. The molecule has 3 atom stereocenters. The fourth-order valence-corrected chi connectivity index (χ4v) is 8.59. The third-order valence-electron chi connectivity index (χ3n) is 11.8. The Morgan fingerprint density at radius 2 is 1.11 bits per heavy atom. The van der Waals surface area contributed by atoms with E-state index in [9.17, 15) is 19.2 Å². The average molecular weight is 824 g/mol. The molecule has 3 amide bonds. The Morgan fingerprint density at radius 1 is 0.613 bits per heavy atom. The zero-order valence-electron chi connectivity index (χ0n) is 34.2. The number of imidazole rings is 2. The molecule has 0 bridgehead atoms. The van der Waals surface area contributed by atoms with Gasteiger partial charge in [-0.05, 0) is 65.6 Å². The van der Waals surface area contributed by atoms with Crippen LogP contribution in [-0.4, -0.2) is 73.6 Å². The molecule has 5 aromatic carbocycles. The summed E-state index contributed by atoms with van der Waals surface area (Å²) in [6.07, 6.45) is 6.17. The molecule has 0 spiro atoms. The van der Waals surface area contributed by atoms with Gasteiger partial charge in [-0.2, -0.15) is 0 Å². The number of rotatable bonds is 11. The topological polar surface area (TPSA) is 153 Å². The fourth-order valence-electron chi connectivity index (χ4n) is 8.59. The second kappa shape index (κ2) is 17.6. The lowest BCUT2D eigenvalue weighted by Gasteiger charge is -2.28. The minimum Gasteiger partial charge on any atom is -0.453 e. The maximum atomic E-state index is 13.9. The highest BCUT2D eigenvalue weighted by molar-refractivity contribution is 6.10. The van der Waals surface area contributed by atoms with Gasteiger partial charge in [0.05, 0.1) is 43.0 Å². The SMILES string of the molecule is COC(=O)N[C@@H](C(=O)N1CCC[C@H]1c1ncc(-c2ccc(-c3ccc(-c4cnc([C@@H]5CCCN5C(=O)c5cccc(C(=O)c6ccccc6)c5)[nH]4)cc3)cc2)[nH]1)c1ccccc1. The Labute approximate surface area is 359 Å². The number of alkyl carbamates (subject to hydrolysis) is 1. The highest BCUT2D eigenvalue weighted by atomic mass is 16.5. The average Bonchev–Trinajstić information content (AvgIpc) is 4.19. The number of ketones is 1. The normalized spacial score (nSPS) is 16.5. The Kier molecular flexibility index (Phi) is 11.3. The van der Waals surface area contributed by atoms with E-state index in [1.807, 2.05) is 59.6 Å². The minimum absolute atomic E-state index is 0.115. The Bertz CT molecular complexity index is 2710. The number of ether oxygens (including phenoxy) is 1. The van der Waals surface area contributed by atoms with E-state index in [0.29, 0.717) is 41.2 Å². The van der Waals surface area contributed by atoms with Gasteiger partial charge < -0.3 is 29.8 Å². The maximum absolute atomic E-state index is 13.9. The Hall–Kier alpha value is -7.60. The molecule has 4 heterocycles. The lowest BCUT2D eigenvalue weighted by molar-refractivity contribution is -0.134. The first-order valence-electron chi connectivity index (χ1n) is 20.9. The summed E-state index contributed by atoms with van der Waals surface area (Å²) in [6.45, 7) is 1.16. The zero-order chi connectivity index (χ0) is 42.6. The summed E-state index contributed by atoms with van der Waals surface area (Å²) >= 11 is 0. The molecule has 2 aromatic heterocycles. The number of nitrogens with one attached hydrogen (secondary N) is 3. The predicted octanol–water partition coefficient (Wildman–Crippen LogP) is 9.10. The van der Waals surface area contributed by atoms with E-state index in [0.717, 1.165) is 65.1 Å². The van der Waals surface area contributed by atoms with Crippen LogP contribution in [0.15, 0.2) is 146 Å². The van der Waals surface area contributed by atoms with Gasteiger partial charge in [0, 0.05) is 29.8 Å². The first kappa shape index (κ1) is 39.8. The third-order valence-corrected chi connectivity index (χ3v) is 11.8. The highest BCUT2D eigenvalue weighted by Crippen LogP contribution is 2.36. The molecule has 0 saturated carbocycles. The molecule has 3 N–H and O–H groups in total. The number of nitrogens with zero attached hydrogens (tertiary/aromatic N) is 4. The molecular weight excluding hydrogens is 779 g/mol. The molecule has 310 valence electrons. The summed E-state index contributed by atoms with van der Waals surface area (Å²) in [6, 6.07) is 40.4. The van der Waals surface area contributed by atoms with Crippen LogP contribution >= 0.6 is 0 Å². The van der Waals surface area contributed by atoms with Gasteiger partial charge in [0.2, 0.25) is 0 Å². The van der Waals surface area contributed by atoms with E-state index in [1.165, 1.54) is 7.11 Å². The number of methoxy groups -OCH3 is 1. The monoisotopic (exact) mass is 823 g/mol. The molecule has 12 heteroatoms. The van der Waals surface area contributed by atoms with Crippen molar-refractivity contribution in [2.45, 2.75) is 43.8 Å². The zero-order valence-corrected chi connectivity index (χ0v) is 34.2. The van der Waals surface area contributed by atoms with Crippen LogP contribution in [0.25, 0.3) is 33.6 Å². The van der Waals surface area contributed by atoms with Crippen LogP contribution < -0.4 is 5.32 Å². The van der Waals surface area contributed by atoms with E-state index < -0.39 is 12.1 Å². The number of hydrogen-bond acceptors (Lipinski definition) is 7. The molecule has 2 saturated heterocycles. The Morgan fingerprint density at radius 3 is 1.69 bits per heavy atom. The van der Waals surface area contributed by atoms with Gasteiger partial charge in [-0.15, -0.1) is 0 Å². The number of aromatic nitrogens is 4. The summed E-state index contributed by atoms with van der Waals surface area (Å²) in [4.78, 5) is 73.1. The summed E-state index contributed by atoms with van der Waals surface area (Å²) < 4.78 is 4.83. The third kappa shape index (κ3) is 8.14. The number of likely N-dealkylation sites (tertiary alicyclic amines) is 2. The van der Waals surface area contributed by atoms with Crippen LogP contribution in [0.5, 0.6) is 0 Å². The minimum atomic E-state index is -0.881. The molecule has 2 fully saturated rings. The van der Waals surface area contributed by atoms with E-state index in [4.69, 9.17) is 14.7 Å². The number of aromatic amines is 2. The van der Waals surface area contributed by atoms with Gasteiger partial charge in [-0.1, -0.05) is 121 Å². The van der Waals surface area contributed by atoms with Crippen molar-refractivity contribution >= 4 is 23.7 Å². The van der Waals surface area contributed by atoms with Crippen molar-refractivity contribution in [3.05, 3.63) is 180 Å². The quantitative estimate of drug-likeness (QED) is 0.110. The summed E-state index contributed by atoms with van der Waals surface area (Å²) in [5, 5.41) is 2.71. The Balaban J connectivity index is 0.850. The number of carbonyl (C=O) groups excluding carboxylic acids is 4. The summed E-state index contributed by atoms with van der Waals surface area (Å²) in [5.41, 5.74) is 7.99. The van der Waals surface area contributed by atoms with Gasteiger partial charge in [0.1, 0.15) is 17.7 Å². The molecule has 0 aliphatic carbocycles. The molecule has 12 nitrogen and oxygen atoms in total. The van der Waals surface area contributed by atoms with E-state index >= 15 is 0 Å². The molecular formula is C50H45N7O5. The van der Waals surface area contributed by atoms with Crippen LogP contribution in [0.4, 0.5) is 4.79 Å². The molecule has 9 rings (SSSR count). The lowest BCUT2D eigenvalue weighted by atomic mass is 10.0. The van der Waals surface area contributed by atoms with Crippen LogP contribution in [0.1, 0.15) is 87.3 Å². The molecule has 62 heavy (non-hydrogen) atoms. The van der Waals surface area contributed by atoms with Crippen LogP contribution in [0.2, 0.25) is 0 Å². The smallest absolute Gasteiger partial charge is 0.407 e. The molecule has 2 aliphatic heterocycles. The van der Waals surface area contributed by atoms with Crippen molar-refractivity contribution in [2.75, 3.05) is 20.2 Å². The predicted molar refractivity (Wildman–Crippen MR) is 235 cm³/mol. The first-order valence-corrected chi connectivity index (χ1v) is 20.9. The summed E-state index contributed by atoms with van der Waals surface area (Å²) in [5.74, 6) is 0.993. The highest BCUT2D eigenvalue weighted by Gasteiger charge is 2.37. The van der Waals surface area contributed by atoms with Gasteiger partial charge in [0.25, 0.3) is 11.8 Å². The van der Waals surface area contributed by atoms with Crippen LogP contribution in [0, 0.1) is 0 Å². The van der Waals surface area contributed by atoms with Gasteiger partial charge >= 0.3 is 6.09 Å². The largest absolute Gasteiger partial charge is 0.453 e. The van der Waals surface area contributed by atoms with Gasteiger partial charge in [-0.3, -0.25) is 14.4 Å². The second-order valence-electron chi connectivity index (χ2n) is 15.6. The molecule has 0 unspecified atom stereocenters. The van der Waals surface area contributed by atoms with Crippen molar-refractivity contribution in [1.82, 2.24) is 35.1 Å². The number of hydrogen-bond donors (Lipinski definition) is 3. The van der Waals surface area contributed by atoms with Gasteiger partial charge in [-0.25, -0.2) is 14.8 Å². The van der Waals surface area contributed by atoms with Crippen molar-refractivity contribution in [2.24, 2.45) is 0 Å². The standard InChI is InChI=1S/C50H45N7O5/c1-62-50(61)55-44(36-11-4-2-5-12-36)49(60)57-28-10-18-43(57)47-52-31-41(54-47)35-25-21-33(22-26-35)32-19-23-34(24-20-32)40-30-51-46(53-40)42-17-9-27-56(42)48(59)39-16-8-15-38(29-39)45(58)37-13-6-3-7-14-37/h2-8,11-16,19-26,29-31,42-44H,9-10,17-18,27-28H2,1H3,(H,51,53)(H,52,54)(H,55,61)/t42-,43-,44+/m0/s1. The van der Waals surface area contributed by atoms with Crippen molar-refractivity contribution in [3.8, 4) is 33.6 Å².